The van der Waals surface area contributed by atoms with E-state index in [1.54, 1.807) is 18.3 Å². The van der Waals surface area contributed by atoms with E-state index < -0.39 is 0 Å². The van der Waals surface area contributed by atoms with Crippen LogP contribution < -0.4 is 5.73 Å². The van der Waals surface area contributed by atoms with E-state index in [1.165, 1.54) is 28.6 Å². The first kappa shape index (κ1) is 18.5. The Balaban J connectivity index is 1.86. The predicted molar refractivity (Wildman–Crippen MR) is 104 cm³/mol. The quantitative estimate of drug-likeness (QED) is 0.490. The lowest BCUT2D eigenvalue weighted by atomic mass is 9.72. The molecule has 0 unspecified atom stereocenters. The highest BCUT2D eigenvalue weighted by molar-refractivity contribution is 7.99. The third kappa shape index (κ3) is 3.92. The molecule has 0 bridgehead atoms. The van der Waals surface area contributed by atoms with Crippen LogP contribution >= 0.6 is 23.1 Å². The summed E-state index contributed by atoms with van der Waals surface area (Å²) in [6.07, 6.45) is 3.31. The normalized spacial score (nSPS) is 17.5. The van der Waals surface area contributed by atoms with Crippen molar-refractivity contribution in [2.24, 2.45) is 11.3 Å². The molecule has 2 heterocycles. The van der Waals surface area contributed by atoms with Gasteiger partial charge in [-0.1, -0.05) is 32.5 Å². The van der Waals surface area contributed by atoms with Crippen molar-refractivity contribution in [1.82, 2.24) is 9.97 Å². The summed E-state index contributed by atoms with van der Waals surface area (Å²) in [4.78, 5) is 22.9. The lowest BCUT2D eigenvalue weighted by molar-refractivity contribution is -0.139. The van der Waals surface area contributed by atoms with Crippen LogP contribution in [-0.2, 0) is 22.4 Å². The van der Waals surface area contributed by atoms with Gasteiger partial charge in [0.1, 0.15) is 10.6 Å². The number of carbonyl (C=O) groups excluding carboxylic acids is 1. The average Bonchev–Trinajstić information content (AvgIpc) is 2.90. The summed E-state index contributed by atoms with van der Waals surface area (Å²) >= 11 is 3.01. The summed E-state index contributed by atoms with van der Waals surface area (Å²) in [6.45, 7) is 9.12. The minimum absolute atomic E-state index is 0.204. The molecular weight excluding hydrogens is 354 g/mol. The van der Waals surface area contributed by atoms with E-state index >= 15 is 0 Å². The topological polar surface area (TPSA) is 78.1 Å². The first-order valence-corrected chi connectivity index (χ1v) is 10.5. The molecule has 7 heteroatoms. The van der Waals surface area contributed by atoms with Gasteiger partial charge in [-0.3, -0.25) is 4.79 Å². The van der Waals surface area contributed by atoms with E-state index in [4.69, 9.17) is 10.5 Å². The fraction of sp³-hybridized carbons (Fsp3) is 0.611. The van der Waals surface area contributed by atoms with Crippen molar-refractivity contribution in [1.29, 1.82) is 0 Å². The fourth-order valence-corrected chi connectivity index (χ4v) is 5.33. The van der Waals surface area contributed by atoms with Crippen LogP contribution in [0.2, 0.25) is 0 Å². The Kier molecular flexibility index (Phi) is 5.25. The third-order valence-electron chi connectivity index (χ3n) is 4.77. The van der Waals surface area contributed by atoms with Gasteiger partial charge in [0, 0.05) is 4.88 Å². The van der Waals surface area contributed by atoms with Gasteiger partial charge < -0.3 is 10.5 Å². The van der Waals surface area contributed by atoms with Crippen molar-refractivity contribution < 1.29 is 9.53 Å². The Morgan fingerprint density at radius 3 is 2.84 bits per heavy atom. The van der Waals surface area contributed by atoms with Crippen molar-refractivity contribution in [3.63, 3.8) is 0 Å². The van der Waals surface area contributed by atoms with Crippen LogP contribution in [0.15, 0.2) is 5.16 Å². The van der Waals surface area contributed by atoms with Crippen LogP contribution in [0.25, 0.3) is 10.2 Å². The molecule has 0 fully saturated rings. The molecule has 25 heavy (non-hydrogen) atoms. The monoisotopic (exact) mass is 379 g/mol. The molecule has 0 spiro atoms. The first-order chi connectivity index (χ1) is 11.8. The Morgan fingerprint density at radius 1 is 1.40 bits per heavy atom. The number of nitrogen functional groups attached to an aromatic ring is 1. The number of ether oxygens (including phenoxy) is 1. The lowest BCUT2D eigenvalue weighted by Crippen LogP contribution is -2.26. The number of thioether (sulfide) groups is 1. The maximum atomic E-state index is 11.5. The number of rotatable bonds is 4. The minimum atomic E-state index is -0.256. The summed E-state index contributed by atoms with van der Waals surface area (Å²) in [6, 6.07) is 0. The second-order valence-electron chi connectivity index (χ2n) is 7.47. The third-order valence-corrected chi connectivity index (χ3v) is 6.73. The SMILES string of the molecule is CCOC(=O)CSc1nc(N)c2c3c(sc2n1)C[C@H](C(C)(C)C)CC3. The van der Waals surface area contributed by atoms with E-state index in [0.29, 0.717) is 28.9 Å². The van der Waals surface area contributed by atoms with Gasteiger partial charge in [0.15, 0.2) is 5.16 Å². The number of aromatic nitrogens is 2. The van der Waals surface area contributed by atoms with E-state index in [2.05, 4.69) is 30.7 Å². The Labute approximate surface area is 156 Å². The number of carbonyl (C=O) groups is 1. The molecule has 1 aliphatic rings. The molecule has 1 atom stereocenters. The smallest absolute Gasteiger partial charge is 0.316 e. The number of hydrogen-bond acceptors (Lipinski definition) is 7. The van der Waals surface area contributed by atoms with Crippen LogP contribution in [0.3, 0.4) is 0 Å². The molecule has 0 aliphatic heterocycles. The van der Waals surface area contributed by atoms with Crippen LogP contribution in [-0.4, -0.2) is 28.3 Å². The molecule has 5 nitrogen and oxygen atoms in total. The first-order valence-electron chi connectivity index (χ1n) is 8.65. The molecular formula is C18H25N3O2S2. The molecule has 2 aromatic rings. The number of fused-ring (bicyclic) bond motifs is 3. The van der Waals surface area contributed by atoms with Crippen LogP contribution in [0.4, 0.5) is 5.82 Å². The van der Waals surface area contributed by atoms with Gasteiger partial charge in [0.2, 0.25) is 0 Å². The molecule has 2 N–H and O–H groups in total. The number of thiophene rings is 1. The maximum absolute atomic E-state index is 11.5. The van der Waals surface area contributed by atoms with Gasteiger partial charge in [-0.15, -0.1) is 11.3 Å². The largest absolute Gasteiger partial charge is 0.465 e. The number of hydrogen-bond donors (Lipinski definition) is 1. The second-order valence-corrected chi connectivity index (χ2v) is 9.50. The van der Waals surface area contributed by atoms with E-state index in [9.17, 15) is 4.79 Å². The number of aryl methyl sites for hydroxylation is 1. The summed E-state index contributed by atoms with van der Waals surface area (Å²) < 4.78 is 4.95. The molecule has 0 aromatic carbocycles. The highest BCUT2D eigenvalue weighted by Gasteiger charge is 2.31. The summed E-state index contributed by atoms with van der Waals surface area (Å²) in [7, 11) is 0. The van der Waals surface area contributed by atoms with Gasteiger partial charge >= 0.3 is 5.97 Å². The average molecular weight is 380 g/mol. The van der Waals surface area contributed by atoms with Crippen LogP contribution in [0, 0.1) is 11.3 Å². The summed E-state index contributed by atoms with van der Waals surface area (Å²) in [5.41, 5.74) is 7.88. The van der Waals surface area contributed by atoms with Crippen molar-refractivity contribution >= 4 is 45.1 Å². The zero-order chi connectivity index (χ0) is 18.2. The summed E-state index contributed by atoms with van der Waals surface area (Å²) in [5, 5.41) is 1.57. The molecule has 136 valence electrons. The number of esters is 1. The highest BCUT2D eigenvalue weighted by atomic mass is 32.2. The Morgan fingerprint density at radius 2 is 2.16 bits per heavy atom. The standard InChI is InChI=1S/C18H25N3O2S2/c1-5-23-13(22)9-24-17-20-15(19)14-11-7-6-10(18(2,3)4)8-12(11)25-16(14)21-17/h10H,5-9H2,1-4H3,(H2,19,20,21)/t10-/m1/s1. The van der Waals surface area contributed by atoms with Crippen molar-refractivity contribution in [2.45, 2.75) is 52.1 Å². The van der Waals surface area contributed by atoms with Gasteiger partial charge in [0.25, 0.3) is 0 Å². The number of nitrogens with zero attached hydrogens (tertiary/aromatic N) is 2. The van der Waals surface area contributed by atoms with E-state index in [0.717, 1.165) is 23.1 Å². The maximum Gasteiger partial charge on any atom is 0.316 e. The minimum Gasteiger partial charge on any atom is -0.465 e. The zero-order valence-corrected chi connectivity index (χ0v) is 16.9. The molecule has 3 rings (SSSR count). The fourth-order valence-electron chi connectivity index (χ4n) is 3.32. The predicted octanol–water partition coefficient (Wildman–Crippen LogP) is 4.08. The van der Waals surface area contributed by atoms with Gasteiger partial charge in [0.05, 0.1) is 17.7 Å². The van der Waals surface area contributed by atoms with Crippen LogP contribution in [0.5, 0.6) is 0 Å². The molecule has 1 aliphatic carbocycles. The van der Waals surface area contributed by atoms with Crippen molar-refractivity contribution in [3.8, 4) is 0 Å². The molecule has 0 radical (unpaired) electrons. The Bertz CT molecular complexity index is 796. The van der Waals surface area contributed by atoms with Gasteiger partial charge in [-0.05, 0) is 43.1 Å². The Hall–Kier alpha value is -1.34. The van der Waals surface area contributed by atoms with E-state index in [-0.39, 0.29) is 11.7 Å². The van der Waals surface area contributed by atoms with Gasteiger partial charge in [-0.25, -0.2) is 9.97 Å². The second kappa shape index (κ2) is 7.11. The summed E-state index contributed by atoms with van der Waals surface area (Å²) in [5.74, 6) is 1.16. The van der Waals surface area contributed by atoms with Crippen molar-refractivity contribution in [3.05, 3.63) is 10.4 Å². The molecule has 0 saturated heterocycles. The highest BCUT2D eigenvalue weighted by Crippen LogP contribution is 2.44. The van der Waals surface area contributed by atoms with Crippen LogP contribution in [0.1, 0.15) is 44.6 Å². The number of nitrogens with two attached hydrogens (primary N) is 1. The van der Waals surface area contributed by atoms with Crippen molar-refractivity contribution in [2.75, 3.05) is 18.1 Å². The molecule has 2 aromatic heterocycles. The van der Waals surface area contributed by atoms with Gasteiger partial charge in [-0.2, -0.15) is 0 Å². The zero-order valence-electron chi connectivity index (χ0n) is 15.2. The lowest BCUT2D eigenvalue weighted by Gasteiger charge is -2.33. The number of anilines is 1. The molecule has 0 saturated carbocycles. The van der Waals surface area contributed by atoms with E-state index in [1.807, 2.05) is 0 Å². The molecule has 0 amide bonds.